The molecule has 1 fully saturated rings. The van der Waals surface area contributed by atoms with Gasteiger partial charge in [-0.3, -0.25) is 4.79 Å². The SMILES string of the molecule is CC(Oc1c(N)ncc2c(-c3ccc(C(=O)NCCN4CCCCC4)cc3)coc12)c1c(Cl)ccc(F)c1Cl. The van der Waals surface area contributed by atoms with Gasteiger partial charge in [-0.1, -0.05) is 41.8 Å². The number of amides is 1. The molecule has 2 aromatic carbocycles. The van der Waals surface area contributed by atoms with Crippen molar-refractivity contribution >= 4 is 45.9 Å². The lowest BCUT2D eigenvalue weighted by atomic mass is 10.0. The molecule has 0 radical (unpaired) electrons. The Morgan fingerprint density at radius 2 is 1.92 bits per heavy atom. The molecule has 0 aliphatic carbocycles. The van der Waals surface area contributed by atoms with E-state index in [-0.39, 0.29) is 27.5 Å². The summed E-state index contributed by atoms with van der Waals surface area (Å²) in [6, 6.07) is 9.89. The van der Waals surface area contributed by atoms with E-state index >= 15 is 0 Å². The molecule has 1 unspecified atom stereocenters. The van der Waals surface area contributed by atoms with Crippen LogP contribution in [0.1, 0.15) is 48.2 Å². The van der Waals surface area contributed by atoms with Gasteiger partial charge in [-0.15, -0.1) is 0 Å². The van der Waals surface area contributed by atoms with E-state index in [1.54, 1.807) is 31.5 Å². The molecular weight excluding hydrogens is 542 g/mol. The summed E-state index contributed by atoms with van der Waals surface area (Å²) in [4.78, 5) is 19.3. The van der Waals surface area contributed by atoms with Crippen molar-refractivity contribution in [3.63, 3.8) is 0 Å². The quantitative estimate of drug-likeness (QED) is 0.224. The minimum Gasteiger partial charge on any atom is -0.478 e. The number of hydrogen-bond donors (Lipinski definition) is 2. The van der Waals surface area contributed by atoms with Gasteiger partial charge in [0, 0.05) is 41.0 Å². The van der Waals surface area contributed by atoms with E-state index in [0.29, 0.717) is 28.6 Å². The van der Waals surface area contributed by atoms with E-state index in [9.17, 15) is 9.18 Å². The van der Waals surface area contributed by atoms with Gasteiger partial charge in [0.25, 0.3) is 5.91 Å². The Balaban J connectivity index is 1.32. The van der Waals surface area contributed by atoms with Gasteiger partial charge in [0.1, 0.15) is 11.9 Å². The zero-order chi connectivity index (χ0) is 27.5. The number of anilines is 1. The highest BCUT2D eigenvalue weighted by atomic mass is 35.5. The fourth-order valence-corrected chi connectivity index (χ4v) is 5.56. The number of nitrogens with two attached hydrogens (primary N) is 1. The summed E-state index contributed by atoms with van der Waals surface area (Å²) in [6.45, 7) is 5.36. The molecule has 1 aliphatic rings. The van der Waals surface area contributed by atoms with Crippen LogP contribution in [0.2, 0.25) is 10.0 Å². The highest BCUT2D eigenvalue weighted by Crippen LogP contribution is 2.41. The molecule has 1 saturated heterocycles. The number of furan rings is 1. The number of nitrogens with one attached hydrogen (secondary N) is 1. The number of piperidine rings is 1. The summed E-state index contributed by atoms with van der Waals surface area (Å²) >= 11 is 12.4. The zero-order valence-corrected chi connectivity index (χ0v) is 23.0. The van der Waals surface area contributed by atoms with Crippen LogP contribution >= 0.6 is 23.2 Å². The molecule has 10 heteroatoms. The Morgan fingerprint density at radius 1 is 1.18 bits per heavy atom. The molecule has 3 N–H and O–H groups in total. The van der Waals surface area contributed by atoms with Crippen LogP contribution in [0, 0.1) is 5.82 Å². The van der Waals surface area contributed by atoms with Crippen LogP contribution in [0.15, 0.2) is 53.3 Å². The number of pyridine rings is 1. The molecule has 1 atom stereocenters. The van der Waals surface area contributed by atoms with Crippen molar-refractivity contribution in [3.05, 3.63) is 75.8 Å². The topological polar surface area (TPSA) is 93.6 Å². The lowest BCUT2D eigenvalue weighted by molar-refractivity contribution is 0.0946. The Morgan fingerprint density at radius 3 is 2.67 bits per heavy atom. The van der Waals surface area contributed by atoms with E-state index in [2.05, 4.69) is 15.2 Å². The first-order valence-corrected chi connectivity index (χ1v) is 13.7. The van der Waals surface area contributed by atoms with Gasteiger partial charge in [0.2, 0.25) is 5.75 Å². The maximum absolute atomic E-state index is 14.1. The molecule has 2 aromatic heterocycles. The van der Waals surface area contributed by atoms with E-state index in [1.165, 1.54) is 31.4 Å². The molecular formula is C29H29Cl2FN4O3. The lowest BCUT2D eigenvalue weighted by Crippen LogP contribution is -2.37. The van der Waals surface area contributed by atoms with Crippen molar-refractivity contribution in [3.8, 4) is 16.9 Å². The molecule has 5 rings (SSSR count). The number of fused-ring (bicyclic) bond motifs is 1. The van der Waals surface area contributed by atoms with Crippen molar-refractivity contribution in [2.75, 3.05) is 31.9 Å². The molecule has 1 amide bonds. The highest BCUT2D eigenvalue weighted by molar-refractivity contribution is 6.36. The van der Waals surface area contributed by atoms with Crippen LogP contribution in [0.3, 0.4) is 0 Å². The van der Waals surface area contributed by atoms with E-state index in [4.69, 9.17) is 38.1 Å². The number of carbonyl (C=O) groups is 1. The third-order valence-electron chi connectivity index (χ3n) is 7.00. The largest absolute Gasteiger partial charge is 0.478 e. The van der Waals surface area contributed by atoms with Crippen LogP contribution in [-0.2, 0) is 0 Å². The number of aromatic nitrogens is 1. The summed E-state index contributed by atoms with van der Waals surface area (Å²) in [5.74, 6) is -0.401. The number of rotatable bonds is 8. The fraction of sp³-hybridized carbons (Fsp3) is 0.310. The Kier molecular flexibility index (Phi) is 8.26. The number of ether oxygens (including phenoxy) is 1. The van der Waals surface area contributed by atoms with Gasteiger partial charge in [-0.2, -0.15) is 0 Å². The summed E-state index contributed by atoms with van der Waals surface area (Å²) in [5.41, 5.74) is 8.97. The van der Waals surface area contributed by atoms with Gasteiger partial charge in [-0.25, -0.2) is 9.37 Å². The number of benzene rings is 2. The Hall–Kier alpha value is -3.33. The predicted molar refractivity (Wildman–Crippen MR) is 152 cm³/mol. The summed E-state index contributed by atoms with van der Waals surface area (Å²) < 4.78 is 26.0. The molecule has 0 bridgehead atoms. The second-order valence-electron chi connectivity index (χ2n) is 9.62. The maximum Gasteiger partial charge on any atom is 0.251 e. The van der Waals surface area contributed by atoms with E-state index < -0.39 is 11.9 Å². The van der Waals surface area contributed by atoms with Gasteiger partial charge >= 0.3 is 0 Å². The molecule has 7 nitrogen and oxygen atoms in total. The molecule has 39 heavy (non-hydrogen) atoms. The van der Waals surface area contributed by atoms with Gasteiger partial charge < -0.3 is 25.1 Å². The summed E-state index contributed by atoms with van der Waals surface area (Å²) in [6.07, 6.45) is 6.18. The minimum atomic E-state index is -0.739. The van der Waals surface area contributed by atoms with Crippen molar-refractivity contribution in [1.82, 2.24) is 15.2 Å². The predicted octanol–water partition coefficient (Wildman–Crippen LogP) is 6.88. The van der Waals surface area contributed by atoms with Crippen molar-refractivity contribution < 1.29 is 18.3 Å². The minimum absolute atomic E-state index is 0.107. The van der Waals surface area contributed by atoms with Gasteiger partial charge in [0.05, 0.1) is 16.7 Å². The Labute approximate surface area is 236 Å². The van der Waals surface area contributed by atoms with E-state index in [1.807, 2.05) is 12.1 Å². The standard InChI is InChI=1S/C29H29Cl2FN4O3/c1-17(24-22(30)9-10-23(32)25(24)31)39-27-26-20(15-35-28(27)33)21(16-38-26)18-5-7-19(8-6-18)29(37)34-11-14-36-12-3-2-4-13-36/h5-10,15-17H,2-4,11-14H2,1H3,(H2,33,35)(H,34,37). The fourth-order valence-electron chi connectivity index (χ4n) is 4.88. The lowest BCUT2D eigenvalue weighted by Gasteiger charge is -2.26. The summed E-state index contributed by atoms with van der Waals surface area (Å²) in [5, 5.41) is 3.82. The second-order valence-corrected chi connectivity index (χ2v) is 10.4. The molecule has 204 valence electrons. The monoisotopic (exact) mass is 570 g/mol. The van der Waals surface area contributed by atoms with Crippen molar-refractivity contribution in [2.24, 2.45) is 0 Å². The highest BCUT2D eigenvalue weighted by Gasteiger charge is 2.23. The maximum atomic E-state index is 14.1. The average Bonchev–Trinajstić information content (AvgIpc) is 3.37. The van der Waals surface area contributed by atoms with E-state index in [0.717, 1.165) is 30.8 Å². The smallest absolute Gasteiger partial charge is 0.251 e. The van der Waals surface area contributed by atoms with Crippen LogP contribution < -0.4 is 15.8 Å². The molecule has 4 aromatic rings. The number of halogens is 3. The van der Waals surface area contributed by atoms with Crippen LogP contribution in [-0.4, -0.2) is 42.0 Å². The average molecular weight is 571 g/mol. The number of nitrogen functional groups attached to an aromatic ring is 1. The zero-order valence-electron chi connectivity index (χ0n) is 21.5. The Bertz CT molecular complexity index is 1490. The molecule has 0 spiro atoms. The van der Waals surface area contributed by atoms with Gasteiger partial charge in [-0.05, 0) is 62.7 Å². The normalized spacial score (nSPS) is 14.9. The number of carbonyl (C=O) groups excluding carboxylic acids is 1. The third-order valence-corrected chi connectivity index (χ3v) is 7.72. The molecule has 0 saturated carbocycles. The first kappa shape index (κ1) is 27.2. The first-order chi connectivity index (χ1) is 18.8. The van der Waals surface area contributed by atoms with Crippen molar-refractivity contribution in [2.45, 2.75) is 32.3 Å². The first-order valence-electron chi connectivity index (χ1n) is 12.9. The van der Waals surface area contributed by atoms with Crippen molar-refractivity contribution in [1.29, 1.82) is 0 Å². The number of nitrogens with zero attached hydrogens (tertiary/aromatic N) is 2. The van der Waals surface area contributed by atoms with Gasteiger partial charge in [0.15, 0.2) is 11.4 Å². The van der Waals surface area contributed by atoms with Crippen LogP contribution in [0.25, 0.3) is 22.1 Å². The number of likely N-dealkylation sites (tertiary alicyclic amines) is 1. The second kappa shape index (κ2) is 11.8. The van der Waals surface area contributed by atoms with Crippen LogP contribution in [0.5, 0.6) is 5.75 Å². The van der Waals surface area contributed by atoms with Crippen LogP contribution in [0.4, 0.5) is 10.2 Å². The molecule has 3 heterocycles. The molecule has 1 aliphatic heterocycles. The third kappa shape index (κ3) is 5.83. The number of hydrogen-bond acceptors (Lipinski definition) is 6. The summed E-state index contributed by atoms with van der Waals surface area (Å²) in [7, 11) is 0.